The van der Waals surface area contributed by atoms with E-state index in [-0.39, 0.29) is 11.5 Å². The van der Waals surface area contributed by atoms with Crippen LogP contribution in [-0.4, -0.2) is 34.3 Å². The first-order valence-corrected chi connectivity index (χ1v) is 13.1. The number of hydrogen-bond acceptors (Lipinski definition) is 5. The summed E-state index contributed by atoms with van der Waals surface area (Å²) in [6, 6.07) is 27.4. The van der Waals surface area contributed by atoms with Gasteiger partial charge >= 0.3 is 0 Å². The monoisotopic (exact) mass is 493 g/mol. The van der Waals surface area contributed by atoms with Crippen molar-refractivity contribution in [2.24, 2.45) is 5.92 Å². The molecule has 5 nitrogen and oxygen atoms in total. The zero-order valence-electron chi connectivity index (χ0n) is 21.8. The van der Waals surface area contributed by atoms with Crippen LogP contribution in [0.2, 0.25) is 0 Å². The number of rotatable bonds is 8. The third kappa shape index (κ3) is 5.37. The van der Waals surface area contributed by atoms with Crippen LogP contribution in [0.4, 0.5) is 5.82 Å². The average molecular weight is 494 g/mol. The van der Waals surface area contributed by atoms with E-state index < -0.39 is 0 Å². The van der Waals surface area contributed by atoms with Gasteiger partial charge in [0.05, 0.1) is 11.8 Å². The van der Waals surface area contributed by atoms with Gasteiger partial charge in [0, 0.05) is 36.5 Å². The molecule has 2 aromatic heterocycles. The van der Waals surface area contributed by atoms with Gasteiger partial charge in [0.1, 0.15) is 18.2 Å². The summed E-state index contributed by atoms with van der Waals surface area (Å²) in [5, 5.41) is 9.81. The molecule has 1 N–H and O–H groups in total. The van der Waals surface area contributed by atoms with Crippen molar-refractivity contribution in [2.75, 3.05) is 18.0 Å². The van der Waals surface area contributed by atoms with Crippen LogP contribution >= 0.6 is 0 Å². The van der Waals surface area contributed by atoms with Crippen molar-refractivity contribution in [3.05, 3.63) is 108 Å². The molecule has 4 aromatic rings. The summed E-state index contributed by atoms with van der Waals surface area (Å²) in [6.45, 7) is 8.84. The fraction of sp³-hybridized carbons (Fsp3) is 0.312. The predicted octanol–water partition coefficient (Wildman–Crippen LogP) is 6.26. The average Bonchev–Trinajstić information content (AvgIpc) is 3.38. The van der Waals surface area contributed by atoms with Crippen molar-refractivity contribution in [1.82, 2.24) is 9.97 Å². The molecule has 5 heteroatoms. The van der Waals surface area contributed by atoms with Crippen LogP contribution in [-0.2, 0) is 12.0 Å². The highest BCUT2D eigenvalue weighted by Gasteiger charge is 2.32. The van der Waals surface area contributed by atoms with Crippen LogP contribution in [0.5, 0.6) is 5.75 Å². The zero-order chi connectivity index (χ0) is 25.8. The highest BCUT2D eigenvalue weighted by Crippen LogP contribution is 2.40. The minimum absolute atomic E-state index is 0.142. The van der Waals surface area contributed by atoms with Crippen molar-refractivity contribution < 1.29 is 9.84 Å². The van der Waals surface area contributed by atoms with Gasteiger partial charge in [-0.3, -0.25) is 4.98 Å². The van der Waals surface area contributed by atoms with E-state index in [4.69, 9.17) is 4.74 Å². The van der Waals surface area contributed by atoms with Crippen LogP contribution in [0, 0.1) is 5.92 Å². The molecule has 0 bridgehead atoms. The number of β-amino-alcohol motifs (C(OH)–C–C–N with tert-alkyl or cyclic N) is 1. The number of hydrogen-bond donors (Lipinski definition) is 1. The Morgan fingerprint density at radius 2 is 1.62 bits per heavy atom. The fourth-order valence-electron chi connectivity index (χ4n) is 5.07. The van der Waals surface area contributed by atoms with Crippen molar-refractivity contribution >= 4 is 5.82 Å². The maximum Gasteiger partial charge on any atom is 0.130 e. The summed E-state index contributed by atoms with van der Waals surface area (Å²) in [5.74, 6) is 2.17. The number of benzene rings is 2. The molecule has 3 heterocycles. The summed E-state index contributed by atoms with van der Waals surface area (Å²) in [5.41, 5.74) is 5.56. The van der Waals surface area contributed by atoms with Gasteiger partial charge in [0.25, 0.3) is 0 Å². The first-order valence-electron chi connectivity index (χ1n) is 13.1. The minimum Gasteiger partial charge on any atom is -0.487 e. The highest BCUT2D eigenvalue weighted by atomic mass is 16.5. The largest absolute Gasteiger partial charge is 0.487 e. The van der Waals surface area contributed by atoms with E-state index in [1.54, 1.807) is 6.20 Å². The number of ether oxygens (including phenoxy) is 1. The Balaban J connectivity index is 1.31. The lowest BCUT2D eigenvalue weighted by atomic mass is 9.68. The molecule has 0 amide bonds. The van der Waals surface area contributed by atoms with E-state index in [0.717, 1.165) is 41.4 Å². The lowest BCUT2D eigenvalue weighted by molar-refractivity contribution is 0.198. The number of aliphatic hydroxyl groups excluding tert-OH is 1. The Hall–Kier alpha value is -3.70. The number of aromatic nitrogens is 2. The minimum atomic E-state index is -0.250. The second kappa shape index (κ2) is 10.7. The molecular formula is C32H35N3O2. The van der Waals surface area contributed by atoms with Crippen LogP contribution in [0.3, 0.4) is 0 Å². The van der Waals surface area contributed by atoms with Gasteiger partial charge in [-0.25, -0.2) is 4.98 Å². The predicted molar refractivity (Wildman–Crippen MR) is 149 cm³/mol. The van der Waals surface area contributed by atoms with Crippen molar-refractivity contribution in [3.63, 3.8) is 0 Å². The Labute approximate surface area is 219 Å². The third-order valence-electron chi connectivity index (χ3n) is 7.77. The number of nitrogens with zero attached hydrogens (tertiary/aromatic N) is 3. The SMILES string of the molecule is CC(C)C(C)(c1ccc(OCc2ccccn2)cc1)c1ccc(-c2ccc(N3CC[C@H](O)C3)nc2)cc1. The normalized spacial score (nSPS) is 17.1. The first kappa shape index (κ1) is 25.0. The molecular weight excluding hydrogens is 458 g/mol. The van der Waals surface area contributed by atoms with Gasteiger partial charge in [-0.1, -0.05) is 63.2 Å². The van der Waals surface area contributed by atoms with E-state index in [1.165, 1.54) is 11.1 Å². The molecule has 190 valence electrons. The highest BCUT2D eigenvalue weighted by molar-refractivity contribution is 5.65. The Bertz CT molecular complexity index is 1290. The van der Waals surface area contributed by atoms with Gasteiger partial charge in [-0.2, -0.15) is 0 Å². The Kier molecular flexibility index (Phi) is 7.24. The lowest BCUT2D eigenvalue weighted by Gasteiger charge is -2.35. The Morgan fingerprint density at radius 1 is 0.919 bits per heavy atom. The third-order valence-corrected chi connectivity index (χ3v) is 7.77. The second-order valence-corrected chi connectivity index (χ2v) is 10.4. The molecule has 0 radical (unpaired) electrons. The molecule has 0 spiro atoms. The first-order chi connectivity index (χ1) is 17.9. The molecule has 37 heavy (non-hydrogen) atoms. The van der Waals surface area contributed by atoms with Gasteiger partial charge < -0.3 is 14.7 Å². The van der Waals surface area contributed by atoms with E-state index >= 15 is 0 Å². The molecule has 1 saturated heterocycles. The van der Waals surface area contributed by atoms with E-state index in [2.05, 4.69) is 96.3 Å². The van der Waals surface area contributed by atoms with E-state index in [1.807, 2.05) is 24.4 Å². The molecule has 0 aliphatic carbocycles. The van der Waals surface area contributed by atoms with Crippen LogP contribution in [0.1, 0.15) is 44.0 Å². The summed E-state index contributed by atoms with van der Waals surface area (Å²) in [6.07, 6.45) is 4.27. The summed E-state index contributed by atoms with van der Waals surface area (Å²) < 4.78 is 5.95. The van der Waals surface area contributed by atoms with Crippen molar-refractivity contribution in [1.29, 1.82) is 0 Å². The van der Waals surface area contributed by atoms with Gasteiger partial charge in [-0.15, -0.1) is 0 Å². The molecule has 1 fully saturated rings. The summed E-state index contributed by atoms with van der Waals surface area (Å²) in [4.78, 5) is 11.1. The maximum atomic E-state index is 9.81. The summed E-state index contributed by atoms with van der Waals surface area (Å²) in [7, 11) is 0. The van der Waals surface area contributed by atoms with E-state index in [9.17, 15) is 5.11 Å². The van der Waals surface area contributed by atoms with Gasteiger partial charge in [0.2, 0.25) is 0 Å². The number of pyridine rings is 2. The van der Waals surface area contributed by atoms with Crippen LogP contribution in [0.25, 0.3) is 11.1 Å². The molecule has 2 atom stereocenters. The van der Waals surface area contributed by atoms with Gasteiger partial charge in [-0.05, 0) is 65.4 Å². The fourth-order valence-corrected chi connectivity index (χ4v) is 5.07. The van der Waals surface area contributed by atoms with Crippen molar-refractivity contribution in [2.45, 2.75) is 45.3 Å². The molecule has 2 aromatic carbocycles. The quantitative estimate of drug-likeness (QED) is 0.314. The number of anilines is 1. The van der Waals surface area contributed by atoms with Crippen molar-refractivity contribution in [3.8, 4) is 16.9 Å². The standard InChI is InChI=1S/C32H35N3O2/c1-23(2)32(3,27-12-14-30(15-13-27)37-22-28-6-4-5-18-33-28)26-10-7-24(8-11-26)25-9-16-31(34-20-25)35-19-17-29(36)21-35/h4-16,18,20,23,29,36H,17,19,21-22H2,1-3H3/t29-,32?/m0/s1. The molecule has 1 aliphatic rings. The van der Waals surface area contributed by atoms with E-state index in [0.29, 0.717) is 19.1 Å². The Morgan fingerprint density at radius 3 is 2.19 bits per heavy atom. The number of aliphatic hydroxyl groups is 1. The second-order valence-electron chi connectivity index (χ2n) is 10.4. The molecule has 5 rings (SSSR count). The summed E-state index contributed by atoms with van der Waals surface area (Å²) >= 11 is 0. The van der Waals surface area contributed by atoms with Crippen LogP contribution in [0.15, 0.2) is 91.3 Å². The molecule has 1 aliphatic heterocycles. The maximum absolute atomic E-state index is 9.81. The zero-order valence-corrected chi connectivity index (χ0v) is 21.8. The molecule has 1 unspecified atom stereocenters. The topological polar surface area (TPSA) is 58.5 Å². The van der Waals surface area contributed by atoms with Crippen LogP contribution < -0.4 is 9.64 Å². The molecule has 0 saturated carbocycles. The van der Waals surface area contributed by atoms with Gasteiger partial charge in [0.15, 0.2) is 0 Å². The smallest absolute Gasteiger partial charge is 0.130 e. The lowest BCUT2D eigenvalue weighted by Crippen LogP contribution is -2.30.